The van der Waals surface area contributed by atoms with Crippen molar-refractivity contribution in [2.24, 2.45) is 5.41 Å². The van der Waals surface area contributed by atoms with Crippen molar-refractivity contribution >= 4 is 28.9 Å². The first-order valence-corrected chi connectivity index (χ1v) is 5.99. The van der Waals surface area contributed by atoms with Gasteiger partial charge in [0.05, 0.1) is 5.41 Å². The van der Waals surface area contributed by atoms with E-state index in [4.69, 9.17) is 12.2 Å². The highest BCUT2D eigenvalue weighted by atomic mass is 32.1. The van der Waals surface area contributed by atoms with Crippen LogP contribution < -0.4 is 4.90 Å². The van der Waals surface area contributed by atoms with E-state index in [9.17, 15) is 4.79 Å². The van der Waals surface area contributed by atoms with E-state index in [1.807, 2.05) is 49.1 Å². The molecule has 3 nitrogen and oxygen atoms in total. The molecular formula is C13H16N2OS. The number of nitrogens with zero attached hydrogens (tertiary/aromatic N) is 2. The van der Waals surface area contributed by atoms with Crippen LogP contribution in [0.2, 0.25) is 0 Å². The lowest BCUT2D eigenvalue weighted by molar-refractivity contribution is -0.135. The van der Waals surface area contributed by atoms with Gasteiger partial charge < -0.3 is 4.90 Å². The normalized spacial score (nSPS) is 19.7. The van der Waals surface area contributed by atoms with Crippen molar-refractivity contribution in [3.05, 3.63) is 30.3 Å². The van der Waals surface area contributed by atoms with Crippen molar-refractivity contribution in [3.8, 4) is 0 Å². The summed E-state index contributed by atoms with van der Waals surface area (Å²) in [5.74, 6) is 0.0784. The van der Waals surface area contributed by atoms with Crippen LogP contribution in [-0.4, -0.2) is 29.5 Å². The third-order valence-electron chi connectivity index (χ3n) is 3.02. The van der Waals surface area contributed by atoms with Crippen LogP contribution in [0.1, 0.15) is 13.8 Å². The van der Waals surface area contributed by atoms with Crippen LogP contribution in [-0.2, 0) is 4.79 Å². The second kappa shape index (κ2) is 4.11. The Labute approximate surface area is 107 Å². The molecule has 0 spiro atoms. The summed E-state index contributed by atoms with van der Waals surface area (Å²) in [5.41, 5.74) is 0.623. The zero-order valence-corrected chi connectivity index (χ0v) is 11.1. The Morgan fingerprint density at radius 2 is 1.82 bits per heavy atom. The van der Waals surface area contributed by atoms with Gasteiger partial charge in [-0.1, -0.05) is 18.2 Å². The van der Waals surface area contributed by atoms with Crippen LogP contribution in [0.3, 0.4) is 0 Å². The predicted octanol–water partition coefficient (Wildman–Crippen LogP) is 2.28. The van der Waals surface area contributed by atoms with Gasteiger partial charge in [0, 0.05) is 19.3 Å². The zero-order valence-electron chi connectivity index (χ0n) is 10.3. The lowest BCUT2D eigenvalue weighted by Crippen LogP contribution is -2.58. The monoisotopic (exact) mass is 248 g/mol. The maximum atomic E-state index is 12.0. The number of benzene rings is 1. The topological polar surface area (TPSA) is 23.6 Å². The number of carbonyl (C=O) groups is 1. The maximum absolute atomic E-state index is 12.0. The molecule has 0 saturated carbocycles. The van der Waals surface area contributed by atoms with Crippen molar-refractivity contribution in [2.45, 2.75) is 13.8 Å². The molecule has 0 N–H and O–H groups in total. The largest absolute Gasteiger partial charge is 0.317 e. The molecule has 0 bridgehead atoms. The molecule has 0 aliphatic carbocycles. The summed E-state index contributed by atoms with van der Waals surface area (Å²) < 4.78 is 0. The van der Waals surface area contributed by atoms with E-state index < -0.39 is 5.41 Å². The predicted molar refractivity (Wildman–Crippen MR) is 72.9 cm³/mol. The number of para-hydroxylation sites is 1. The van der Waals surface area contributed by atoms with Crippen molar-refractivity contribution in [3.63, 3.8) is 0 Å². The average Bonchev–Trinajstić information content (AvgIpc) is 2.33. The Hall–Kier alpha value is -1.42. The summed E-state index contributed by atoms with van der Waals surface area (Å²) in [4.78, 5) is 15.6. The Balaban J connectivity index is 2.37. The molecular weight excluding hydrogens is 232 g/mol. The number of hydrogen-bond acceptors (Lipinski definition) is 2. The number of hydrogen-bond donors (Lipinski definition) is 0. The maximum Gasteiger partial charge on any atom is 0.235 e. The molecule has 1 fully saturated rings. The first-order valence-electron chi connectivity index (χ1n) is 5.58. The highest BCUT2D eigenvalue weighted by Gasteiger charge is 2.40. The summed E-state index contributed by atoms with van der Waals surface area (Å²) in [6.07, 6.45) is 0. The van der Waals surface area contributed by atoms with E-state index in [2.05, 4.69) is 0 Å². The third kappa shape index (κ3) is 2.05. The van der Waals surface area contributed by atoms with Crippen LogP contribution >= 0.6 is 12.2 Å². The molecule has 0 aromatic heterocycles. The summed E-state index contributed by atoms with van der Waals surface area (Å²) in [6, 6.07) is 9.93. The smallest absolute Gasteiger partial charge is 0.235 e. The Kier molecular flexibility index (Phi) is 2.91. The molecule has 1 saturated heterocycles. The molecule has 1 aliphatic heterocycles. The van der Waals surface area contributed by atoms with Crippen LogP contribution in [0.4, 0.5) is 5.69 Å². The molecule has 1 heterocycles. The Morgan fingerprint density at radius 3 is 2.41 bits per heavy atom. The van der Waals surface area contributed by atoms with E-state index in [1.54, 1.807) is 11.9 Å². The van der Waals surface area contributed by atoms with Gasteiger partial charge >= 0.3 is 0 Å². The van der Waals surface area contributed by atoms with Gasteiger partial charge in [-0.05, 0) is 38.2 Å². The van der Waals surface area contributed by atoms with Gasteiger partial charge in [-0.3, -0.25) is 9.69 Å². The summed E-state index contributed by atoms with van der Waals surface area (Å²) in [7, 11) is 1.74. The standard InChI is InChI=1S/C13H16N2OS/c1-13(2)9-15(10-7-5-4-6-8-10)12(17)14(3)11(13)16/h4-8H,9H2,1-3H3. The SMILES string of the molecule is CN1C(=O)C(C)(C)CN(c2ccccc2)C1=S. The molecule has 1 aromatic carbocycles. The molecule has 4 heteroatoms. The summed E-state index contributed by atoms with van der Waals surface area (Å²) in [5, 5.41) is 0.570. The van der Waals surface area contributed by atoms with Gasteiger partial charge in [0.15, 0.2) is 5.11 Å². The van der Waals surface area contributed by atoms with Crippen molar-refractivity contribution in [2.75, 3.05) is 18.5 Å². The molecule has 0 unspecified atom stereocenters. The van der Waals surface area contributed by atoms with E-state index in [0.29, 0.717) is 11.7 Å². The fourth-order valence-corrected chi connectivity index (χ4v) is 2.32. The number of thiocarbonyl (C=S) groups is 1. The number of amides is 1. The highest BCUT2D eigenvalue weighted by molar-refractivity contribution is 7.80. The van der Waals surface area contributed by atoms with E-state index in [1.165, 1.54) is 0 Å². The van der Waals surface area contributed by atoms with Gasteiger partial charge in [-0.2, -0.15) is 0 Å². The molecule has 1 amide bonds. The molecule has 17 heavy (non-hydrogen) atoms. The lowest BCUT2D eigenvalue weighted by Gasteiger charge is -2.43. The summed E-state index contributed by atoms with van der Waals surface area (Å²) in [6.45, 7) is 4.52. The average molecular weight is 248 g/mol. The fraction of sp³-hybridized carbons (Fsp3) is 0.385. The number of anilines is 1. The fourth-order valence-electron chi connectivity index (χ4n) is 2.06. The van der Waals surface area contributed by atoms with Gasteiger partial charge in [0.25, 0.3) is 0 Å². The Morgan fingerprint density at radius 1 is 1.24 bits per heavy atom. The first kappa shape index (κ1) is 12.0. The Bertz CT molecular complexity index is 456. The van der Waals surface area contributed by atoms with Crippen molar-refractivity contribution in [1.82, 2.24) is 4.90 Å². The van der Waals surface area contributed by atoms with Crippen molar-refractivity contribution in [1.29, 1.82) is 0 Å². The van der Waals surface area contributed by atoms with E-state index in [-0.39, 0.29) is 5.91 Å². The van der Waals surface area contributed by atoms with Gasteiger partial charge in [0.2, 0.25) is 5.91 Å². The number of carbonyl (C=O) groups excluding carboxylic acids is 1. The molecule has 0 atom stereocenters. The van der Waals surface area contributed by atoms with Gasteiger partial charge in [0.1, 0.15) is 0 Å². The highest BCUT2D eigenvalue weighted by Crippen LogP contribution is 2.29. The van der Waals surface area contributed by atoms with Crippen LogP contribution in [0.5, 0.6) is 0 Å². The first-order chi connectivity index (χ1) is 7.93. The molecule has 1 aromatic rings. The third-order valence-corrected chi connectivity index (χ3v) is 3.52. The van der Waals surface area contributed by atoms with Gasteiger partial charge in [-0.25, -0.2) is 0 Å². The summed E-state index contributed by atoms with van der Waals surface area (Å²) >= 11 is 5.34. The zero-order chi connectivity index (χ0) is 12.6. The van der Waals surface area contributed by atoms with E-state index in [0.717, 1.165) is 5.69 Å². The minimum Gasteiger partial charge on any atom is -0.317 e. The second-order valence-electron chi connectivity index (χ2n) is 4.95. The van der Waals surface area contributed by atoms with Crippen molar-refractivity contribution < 1.29 is 4.79 Å². The lowest BCUT2D eigenvalue weighted by atomic mass is 9.89. The quantitative estimate of drug-likeness (QED) is 0.712. The van der Waals surface area contributed by atoms with Gasteiger partial charge in [-0.15, -0.1) is 0 Å². The van der Waals surface area contributed by atoms with Crippen LogP contribution in [0.25, 0.3) is 0 Å². The molecule has 1 aliphatic rings. The van der Waals surface area contributed by atoms with Crippen LogP contribution in [0, 0.1) is 5.41 Å². The second-order valence-corrected chi connectivity index (χ2v) is 5.32. The molecule has 90 valence electrons. The molecule has 0 radical (unpaired) electrons. The minimum absolute atomic E-state index is 0.0784. The van der Waals surface area contributed by atoms with Crippen LogP contribution in [0.15, 0.2) is 30.3 Å². The van der Waals surface area contributed by atoms with E-state index >= 15 is 0 Å². The molecule has 2 rings (SSSR count). The number of rotatable bonds is 1. The minimum atomic E-state index is -0.410.